The van der Waals surface area contributed by atoms with Crippen molar-refractivity contribution in [3.8, 4) is 5.75 Å². The second-order valence-electron chi connectivity index (χ2n) is 7.17. The maximum Gasteiger partial charge on any atom is 0.258 e. The van der Waals surface area contributed by atoms with Gasteiger partial charge in [0.1, 0.15) is 11.8 Å². The van der Waals surface area contributed by atoms with E-state index >= 15 is 0 Å². The molecular weight excluding hydrogens is 340 g/mol. The number of fused-ring (bicyclic) bond motifs is 1. The Kier molecular flexibility index (Phi) is 6.12. The number of nitrogens with zero attached hydrogens (tertiary/aromatic N) is 1. The second-order valence-corrected chi connectivity index (χ2v) is 7.17. The van der Waals surface area contributed by atoms with Gasteiger partial charge in [0, 0.05) is 13.1 Å². The molecule has 1 aliphatic heterocycles. The number of amides is 2. The van der Waals surface area contributed by atoms with Crippen molar-refractivity contribution in [2.24, 2.45) is 5.92 Å². The van der Waals surface area contributed by atoms with Crippen LogP contribution in [0.1, 0.15) is 25.0 Å². The first-order chi connectivity index (χ1) is 13.0. The molecule has 0 radical (unpaired) electrons. The van der Waals surface area contributed by atoms with Crippen LogP contribution in [0.25, 0.3) is 0 Å². The molecule has 5 heteroatoms. The molecule has 1 atom stereocenters. The highest BCUT2D eigenvalue weighted by atomic mass is 16.5. The third-order valence-electron chi connectivity index (χ3n) is 4.80. The fraction of sp³-hybridized carbons (Fsp3) is 0.364. The summed E-state index contributed by atoms with van der Waals surface area (Å²) in [6.45, 7) is 5.05. The fourth-order valence-corrected chi connectivity index (χ4v) is 3.27. The van der Waals surface area contributed by atoms with E-state index in [2.05, 4.69) is 17.4 Å². The van der Waals surface area contributed by atoms with Crippen LogP contribution in [-0.4, -0.2) is 35.9 Å². The number of rotatable bonds is 6. The number of ether oxygens (including phenoxy) is 1. The van der Waals surface area contributed by atoms with Gasteiger partial charge in [0.15, 0.2) is 6.61 Å². The van der Waals surface area contributed by atoms with Gasteiger partial charge in [-0.2, -0.15) is 0 Å². The summed E-state index contributed by atoms with van der Waals surface area (Å²) < 4.78 is 5.48. The molecule has 0 fully saturated rings. The van der Waals surface area contributed by atoms with Crippen molar-refractivity contribution in [3.63, 3.8) is 0 Å². The first-order valence-corrected chi connectivity index (χ1v) is 9.37. The zero-order valence-electron chi connectivity index (χ0n) is 15.9. The van der Waals surface area contributed by atoms with E-state index in [-0.39, 0.29) is 24.3 Å². The van der Waals surface area contributed by atoms with E-state index < -0.39 is 6.04 Å². The fourth-order valence-electron chi connectivity index (χ4n) is 3.27. The molecule has 0 saturated heterocycles. The van der Waals surface area contributed by atoms with Gasteiger partial charge in [0.25, 0.3) is 5.91 Å². The van der Waals surface area contributed by atoms with Gasteiger partial charge in [0.05, 0.1) is 0 Å². The van der Waals surface area contributed by atoms with Gasteiger partial charge in [-0.15, -0.1) is 0 Å². The third kappa shape index (κ3) is 4.88. The average Bonchev–Trinajstić information content (AvgIpc) is 2.70. The van der Waals surface area contributed by atoms with Crippen molar-refractivity contribution in [1.82, 2.24) is 10.2 Å². The highest BCUT2D eigenvalue weighted by molar-refractivity contribution is 5.88. The summed E-state index contributed by atoms with van der Waals surface area (Å²) in [6.07, 6.45) is 0.845. The minimum absolute atomic E-state index is 0.00431. The Morgan fingerprint density at radius 3 is 2.41 bits per heavy atom. The summed E-state index contributed by atoms with van der Waals surface area (Å²) >= 11 is 0. The molecular formula is C22H26N2O3. The van der Waals surface area contributed by atoms with Crippen LogP contribution in [0.3, 0.4) is 0 Å². The molecule has 1 N–H and O–H groups in total. The van der Waals surface area contributed by atoms with Crippen LogP contribution in [0.4, 0.5) is 0 Å². The quantitative estimate of drug-likeness (QED) is 0.855. The number of carbonyl (C=O) groups excluding carboxylic acids is 2. The lowest BCUT2D eigenvalue weighted by Crippen LogP contribution is -2.53. The molecule has 3 rings (SSSR count). The first kappa shape index (κ1) is 19.0. The van der Waals surface area contributed by atoms with E-state index in [1.54, 1.807) is 12.1 Å². The molecule has 0 spiro atoms. The summed E-state index contributed by atoms with van der Waals surface area (Å²) in [5.74, 6) is 0.305. The molecule has 0 saturated carbocycles. The lowest BCUT2D eigenvalue weighted by Gasteiger charge is -2.33. The number of benzene rings is 2. The van der Waals surface area contributed by atoms with Gasteiger partial charge in [-0.1, -0.05) is 56.3 Å². The molecule has 1 aliphatic rings. The summed E-state index contributed by atoms with van der Waals surface area (Å²) in [4.78, 5) is 27.2. The van der Waals surface area contributed by atoms with E-state index in [4.69, 9.17) is 4.74 Å². The van der Waals surface area contributed by atoms with Crippen LogP contribution in [0.5, 0.6) is 5.75 Å². The van der Waals surface area contributed by atoms with Crippen molar-refractivity contribution in [2.45, 2.75) is 32.9 Å². The van der Waals surface area contributed by atoms with E-state index in [9.17, 15) is 9.59 Å². The van der Waals surface area contributed by atoms with Crippen molar-refractivity contribution >= 4 is 11.8 Å². The molecule has 0 aromatic heterocycles. The summed E-state index contributed by atoms with van der Waals surface area (Å²) in [6, 6.07) is 16.8. The molecule has 0 aliphatic carbocycles. The van der Waals surface area contributed by atoms with Gasteiger partial charge in [-0.25, -0.2) is 0 Å². The zero-order chi connectivity index (χ0) is 19.2. The highest BCUT2D eigenvalue weighted by Gasteiger charge is 2.30. The molecule has 2 aromatic rings. The normalized spacial score (nSPS) is 14.4. The monoisotopic (exact) mass is 366 g/mol. The Hall–Kier alpha value is -2.82. The number of para-hydroxylation sites is 1. The van der Waals surface area contributed by atoms with Crippen LogP contribution in [0, 0.1) is 5.92 Å². The number of nitrogens with one attached hydrogen (secondary N) is 1. The third-order valence-corrected chi connectivity index (χ3v) is 4.80. The van der Waals surface area contributed by atoms with Crippen LogP contribution in [0.2, 0.25) is 0 Å². The summed E-state index contributed by atoms with van der Waals surface area (Å²) in [5.41, 5.74) is 2.47. The van der Waals surface area contributed by atoms with Crippen molar-refractivity contribution in [1.29, 1.82) is 0 Å². The van der Waals surface area contributed by atoms with Gasteiger partial charge in [-0.3, -0.25) is 9.59 Å². The smallest absolute Gasteiger partial charge is 0.258 e. The maximum atomic E-state index is 13.0. The van der Waals surface area contributed by atoms with Crippen molar-refractivity contribution < 1.29 is 14.3 Å². The predicted octanol–water partition coefficient (Wildman–Crippen LogP) is 2.79. The highest BCUT2D eigenvalue weighted by Crippen LogP contribution is 2.20. The van der Waals surface area contributed by atoms with E-state index in [0.29, 0.717) is 18.8 Å². The van der Waals surface area contributed by atoms with Gasteiger partial charge in [0.2, 0.25) is 5.91 Å². The second kappa shape index (κ2) is 8.71. The lowest BCUT2D eigenvalue weighted by atomic mass is 9.97. The first-order valence-electron chi connectivity index (χ1n) is 9.37. The van der Waals surface area contributed by atoms with E-state index in [1.807, 2.05) is 49.1 Å². The minimum atomic E-state index is -0.554. The average molecular weight is 366 g/mol. The van der Waals surface area contributed by atoms with Crippen LogP contribution >= 0.6 is 0 Å². The molecule has 0 bridgehead atoms. The summed E-state index contributed by atoms with van der Waals surface area (Å²) in [7, 11) is 0. The van der Waals surface area contributed by atoms with Gasteiger partial charge < -0.3 is 15.0 Å². The molecule has 142 valence electrons. The molecule has 0 unspecified atom stereocenters. The number of hydrogen-bond donors (Lipinski definition) is 1. The number of carbonyl (C=O) groups is 2. The largest absolute Gasteiger partial charge is 0.484 e. The summed E-state index contributed by atoms with van der Waals surface area (Å²) in [5, 5.41) is 2.85. The number of hydrogen-bond acceptors (Lipinski definition) is 3. The minimum Gasteiger partial charge on any atom is -0.484 e. The molecule has 5 nitrogen and oxygen atoms in total. The Morgan fingerprint density at radius 2 is 1.70 bits per heavy atom. The van der Waals surface area contributed by atoms with Crippen LogP contribution in [0.15, 0.2) is 54.6 Å². The molecule has 2 aromatic carbocycles. The predicted molar refractivity (Wildman–Crippen MR) is 104 cm³/mol. The Labute approximate surface area is 160 Å². The SMILES string of the molecule is CC(C)[C@@H](NC(=O)COc1ccccc1)C(=O)N1CCc2ccccc2C1. The Morgan fingerprint density at radius 1 is 1.04 bits per heavy atom. The van der Waals surface area contributed by atoms with Gasteiger partial charge >= 0.3 is 0 Å². The van der Waals surface area contributed by atoms with Crippen molar-refractivity contribution in [2.75, 3.05) is 13.2 Å². The van der Waals surface area contributed by atoms with Crippen LogP contribution in [-0.2, 0) is 22.6 Å². The lowest BCUT2D eigenvalue weighted by molar-refractivity contribution is -0.139. The Bertz CT molecular complexity index is 789. The topological polar surface area (TPSA) is 58.6 Å². The van der Waals surface area contributed by atoms with Gasteiger partial charge in [-0.05, 0) is 35.6 Å². The van der Waals surface area contributed by atoms with E-state index in [1.165, 1.54) is 11.1 Å². The molecule has 2 amide bonds. The van der Waals surface area contributed by atoms with Crippen LogP contribution < -0.4 is 10.1 Å². The standard InChI is InChI=1S/C22H26N2O3/c1-16(2)21(23-20(25)15-27-19-10-4-3-5-11-19)22(26)24-13-12-17-8-6-7-9-18(17)14-24/h3-11,16,21H,12-15H2,1-2H3,(H,23,25)/t21-/m1/s1. The zero-order valence-corrected chi connectivity index (χ0v) is 15.9. The maximum absolute atomic E-state index is 13.0. The molecule has 1 heterocycles. The Balaban J connectivity index is 1.59. The van der Waals surface area contributed by atoms with E-state index in [0.717, 1.165) is 6.42 Å². The molecule has 27 heavy (non-hydrogen) atoms. The van der Waals surface area contributed by atoms with Crippen molar-refractivity contribution in [3.05, 3.63) is 65.7 Å².